The lowest BCUT2D eigenvalue weighted by molar-refractivity contribution is -0.124. The normalized spacial score (nSPS) is 21.4. The first kappa shape index (κ1) is 18.0. The Bertz CT molecular complexity index is 885. The summed E-state index contributed by atoms with van der Waals surface area (Å²) in [4.78, 5) is 24.8. The molecule has 0 unspecified atom stereocenters. The van der Waals surface area contributed by atoms with Gasteiger partial charge in [-0.2, -0.15) is 0 Å². The smallest absolute Gasteiger partial charge is 0.267 e. The van der Waals surface area contributed by atoms with Crippen LogP contribution in [-0.2, 0) is 4.79 Å². The molecule has 2 aliphatic rings. The third-order valence-corrected chi connectivity index (χ3v) is 5.97. The lowest BCUT2D eigenvalue weighted by atomic mass is 9.94. The van der Waals surface area contributed by atoms with Crippen LogP contribution in [0.5, 0.6) is 0 Å². The van der Waals surface area contributed by atoms with Crippen molar-refractivity contribution in [2.75, 3.05) is 0 Å². The molecule has 0 spiro atoms. The average molecular weight is 378 g/mol. The van der Waals surface area contributed by atoms with E-state index in [-0.39, 0.29) is 11.9 Å². The van der Waals surface area contributed by atoms with Crippen LogP contribution in [0.25, 0.3) is 6.08 Å². The van der Waals surface area contributed by atoms with Gasteiger partial charge < -0.3 is 0 Å². The second-order valence-electron chi connectivity index (χ2n) is 7.10. The van der Waals surface area contributed by atoms with Crippen LogP contribution in [0.4, 0.5) is 5.69 Å². The zero-order chi connectivity index (χ0) is 18.6. The molecule has 138 valence electrons. The molecule has 1 aromatic carbocycles. The third kappa shape index (κ3) is 4.14. The largest absolute Gasteiger partial charge is 0.283 e. The fourth-order valence-electron chi connectivity index (χ4n) is 3.67. The van der Waals surface area contributed by atoms with E-state index in [1.54, 1.807) is 12.4 Å². The Morgan fingerprint density at radius 3 is 2.78 bits per heavy atom. The van der Waals surface area contributed by atoms with Gasteiger partial charge in [0, 0.05) is 12.2 Å². The Kier molecular flexibility index (Phi) is 5.39. The summed E-state index contributed by atoms with van der Waals surface area (Å²) in [6, 6.07) is 12.3. The fraction of sp³-hybridized carbons (Fsp3) is 0.318. The number of rotatable bonds is 3. The number of thioether (sulfide) groups is 1. The maximum absolute atomic E-state index is 13.2. The summed E-state index contributed by atoms with van der Waals surface area (Å²) in [6.07, 6.45) is 11.2. The number of pyridine rings is 1. The Balaban J connectivity index is 1.69. The Hall–Kier alpha value is -2.40. The van der Waals surface area contributed by atoms with Crippen molar-refractivity contribution in [2.24, 2.45) is 4.99 Å². The van der Waals surface area contributed by atoms with Crippen molar-refractivity contribution in [3.8, 4) is 0 Å². The summed E-state index contributed by atoms with van der Waals surface area (Å²) in [5.41, 5.74) is 3.02. The fourth-order valence-corrected chi connectivity index (χ4v) is 4.73. The number of carbonyl (C=O) groups is 1. The van der Waals surface area contributed by atoms with Crippen molar-refractivity contribution in [1.29, 1.82) is 0 Å². The van der Waals surface area contributed by atoms with Crippen LogP contribution in [0.2, 0.25) is 0 Å². The van der Waals surface area contributed by atoms with Crippen molar-refractivity contribution in [3.63, 3.8) is 0 Å². The molecule has 1 amide bonds. The highest BCUT2D eigenvalue weighted by Crippen LogP contribution is 2.38. The van der Waals surface area contributed by atoms with E-state index in [9.17, 15) is 4.79 Å². The second-order valence-corrected chi connectivity index (χ2v) is 8.11. The molecule has 2 aromatic rings. The minimum atomic E-state index is 0.0797. The molecule has 0 bridgehead atoms. The van der Waals surface area contributed by atoms with Gasteiger partial charge in [0.25, 0.3) is 5.91 Å². The SMILES string of the molecule is Cc1cccc(/C=C2\SC(=Nc3cccnc3)N(C3CCCCC3)C2=O)c1. The minimum Gasteiger partial charge on any atom is -0.283 e. The molecule has 2 fully saturated rings. The quantitative estimate of drug-likeness (QED) is 0.680. The predicted molar refractivity (Wildman–Crippen MR) is 112 cm³/mol. The van der Waals surface area contributed by atoms with Gasteiger partial charge in [0.15, 0.2) is 5.17 Å². The van der Waals surface area contributed by atoms with Crippen molar-refractivity contribution in [1.82, 2.24) is 9.88 Å². The van der Waals surface area contributed by atoms with Gasteiger partial charge in [-0.1, -0.05) is 49.1 Å². The molecule has 1 aliphatic heterocycles. The highest BCUT2D eigenvalue weighted by atomic mass is 32.2. The molecular weight excluding hydrogens is 354 g/mol. The lowest BCUT2D eigenvalue weighted by Gasteiger charge is -2.30. The maximum Gasteiger partial charge on any atom is 0.267 e. The highest BCUT2D eigenvalue weighted by molar-refractivity contribution is 8.18. The molecule has 2 heterocycles. The van der Waals surface area contributed by atoms with Crippen LogP contribution in [0, 0.1) is 6.92 Å². The number of amides is 1. The summed E-state index contributed by atoms with van der Waals surface area (Å²) in [5, 5.41) is 0.777. The zero-order valence-corrected chi connectivity index (χ0v) is 16.3. The molecule has 0 N–H and O–H groups in total. The van der Waals surface area contributed by atoms with Crippen LogP contribution < -0.4 is 0 Å². The van der Waals surface area contributed by atoms with Crippen LogP contribution in [0.1, 0.15) is 43.2 Å². The molecular formula is C22H23N3OS. The predicted octanol–water partition coefficient (Wildman–Crippen LogP) is 5.33. The van der Waals surface area contributed by atoms with Gasteiger partial charge in [0.05, 0.1) is 16.8 Å². The van der Waals surface area contributed by atoms with E-state index < -0.39 is 0 Å². The topological polar surface area (TPSA) is 45.6 Å². The molecule has 0 atom stereocenters. The first-order chi connectivity index (χ1) is 13.2. The lowest BCUT2D eigenvalue weighted by Crippen LogP contribution is -2.40. The number of hydrogen-bond donors (Lipinski definition) is 0. The van der Waals surface area contributed by atoms with Crippen molar-refractivity contribution in [3.05, 3.63) is 64.8 Å². The van der Waals surface area contributed by atoms with E-state index in [4.69, 9.17) is 4.99 Å². The van der Waals surface area contributed by atoms with Gasteiger partial charge in [-0.05, 0) is 55.3 Å². The van der Waals surface area contributed by atoms with Crippen LogP contribution in [-0.4, -0.2) is 27.0 Å². The number of aromatic nitrogens is 1. The number of aryl methyl sites for hydroxylation is 1. The molecule has 1 saturated heterocycles. The van der Waals surface area contributed by atoms with E-state index in [1.165, 1.54) is 36.6 Å². The molecule has 1 saturated carbocycles. The second kappa shape index (κ2) is 8.09. The highest BCUT2D eigenvalue weighted by Gasteiger charge is 2.38. The van der Waals surface area contributed by atoms with E-state index in [0.29, 0.717) is 0 Å². The van der Waals surface area contributed by atoms with Gasteiger partial charge in [0.2, 0.25) is 0 Å². The minimum absolute atomic E-state index is 0.0797. The number of nitrogens with zero attached hydrogens (tertiary/aromatic N) is 3. The van der Waals surface area contributed by atoms with Crippen LogP contribution in [0.15, 0.2) is 58.7 Å². The number of hydrogen-bond acceptors (Lipinski definition) is 4. The van der Waals surface area contributed by atoms with Crippen LogP contribution in [0.3, 0.4) is 0 Å². The summed E-state index contributed by atoms with van der Waals surface area (Å²) in [7, 11) is 0. The summed E-state index contributed by atoms with van der Waals surface area (Å²) in [6.45, 7) is 2.06. The number of amidine groups is 1. The molecule has 4 rings (SSSR count). The van der Waals surface area contributed by atoms with Gasteiger partial charge in [-0.15, -0.1) is 0 Å². The molecule has 0 radical (unpaired) electrons. The van der Waals surface area contributed by atoms with E-state index in [2.05, 4.69) is 24.0 Å². The Labute approximate surface area is 164 Å². The third-order valence-electron chi connectivity index (χ3n) is 4.99. The van der Waals surface area contributed by atoms with Gasteiger partial charge in [0.1, 0.15) is 0 Å². The first-order valence-corrected chi connectivity index (χ1v) is 10.3. The van der Waals surface area contributed by atoms with E-state index >= 15 is 0 Å². The summed E-state index contributed by atoms with van der Waals surface area (Å²) < 4.78 is 0. The van der Waals surface area contributed by atoms with Gasteiger partial charge in [-0.25, -0.2) is 4.99 Å². The monoisotopic (exact) mass is 377 g/mol. The standard InChI is InChI=1S/C22H23N3OS/c1-16-7-5-8-17(13-16)14-20-21(26)25(19-10-3-2-4-11-19)22(27-20)24-18-9-6-12-23-15-18/h5-9,12-15,19H,2-4,10-11H2,1H3/b20-14-,24-22?. The summed E-state index contributed by atoms with van der Waals surface area (Å²) in [5.74, 6) is 0.0797. The van der Waals surface area contributed by atoms with Gasteiger partial charge >= 0.3 is 0 Å². The number of aliphatic imine (C=N–C) groups is 1. The van der Waals surface area contributed by atoms with Crippen molar-refractivity contribution >= 4 is 34.6 Å². The number of benzene rings is 1. The van der Waals surface area contributed by atoms with E-state index in [0.717, 1.165) is 34.2 Å². The van der Waals surface area contributed by atoms with E-state index in [1.807, 2.05) is 35.2 Å². The van der Waals surface area contributed by atoms with Crippen molar-refractivity contribution < 1.29 is 4.79 Å². The molecule has 27 heavy (non-hydrogen) atoms. The Morgan fingerprint density at radius 1 is 1.19 bits per heavy atom. The molecule has 1 aliphatic carbocycles. The molecule has 4 nitrogen and oxygen atoms in total. The zero-order valence-electron chi connectivity index (χ0n) is 15.5. The Morgan fingerprint density at radius 2 is 2.04 bits per heavy atom. The first-order valence-electron chi connectivity index (χ1n) is 9.49. The average Bonchev–Trinajstić information content (AvgIpc) is 2.98. The summed E-state index contributed by atoms with van der Waals surface area (Å²) >= 11 is 1.48. The molecule has 5 heteroatoms. The van der Waals surface area contributed by atoms with Crippen molar-refractivity contribution in [2.45, 2.75) is 45.1 Å². The maximum atomic E-state index is 13.2. The van der Waals surface area contributed by atoms with Crippen LogP contribution >= 0.6 is 11.8 Å². The van der Waals surface area contributed by atoms with Gasteiger partial charge in [-0.3, -0.25) is 14.7 Å². The number of carbonyl (C=O) groups excluding carboxylic acids is 1. The molecule has 1 aromatic heterocycles.